The van der Waals surface area contributed by atoms with Gasteiger partial charge in [-0.25, -0.2) is 17.9 Å². The van der Waals surface area contributed by atoms with Crippen molar-refractivity contribution < 1.29 is 23.4 Å². The third-order valence-corrected chi connectivity index (χ3v) is 6.11. The van der Waals surface area contributed by atoms with E-state index < -0.39 is 16.0 Å². The number of benzene rings is 1. The molecule has 1 aliphatic rings. The molecule has 0 amide bonds. The number of sulfonamides is 1. The van der Waals surface area contributed by atoms with Crippen LogP contribution in [0, 0.1) is 9.49 Å². The van der Waals surface area contributed by atoms with Crippen LogP contribution in [0.4, 0.5) is 0 Å². The first-order chi connectivity index (χ1) is 9.85. The Labute approximate surface area is 136 Å². The standard InChI is InChI=1S/C13H16INO5S/c14-11-5-4-9(6-10(11)13(17)18)21(19,20)15-12-3-1-2-8(12)7-16/h4-6,8,12,15-16H,1-3,7H2,(H,17,18). The average Bonchev–Trinajstić information content (AvgIpc) is 2.85. The van der Waals surface area contributed by atoms with Crippen LogP contribution >= 0.6 is 22.6 Å². The van der Waals surface area contributed by atoms with Crippen LogP contribution < -0.4 is 4.72 Å². The van der Waals surface area contributed by atoms with Crippen LogP contribution in [0.25, 0.3) is 0 Å². The number of nitrogens with one attached hydrogen (secondary N) is 1. The van der Waals surface area contributed by atoms with Gasteiger partial charge in [-0.3, -0.25) is 0 Å². The van der Waals surface area contributed by atoms with Gasteiger partial charge in [-0.05, 0) is 59.5 Å². The third-order valence-electron chi connectivity index (χ3n) is 3.68. The zero-order valence-corrected chi connectivity index (χ0v) is 14.1. The quantitative estimate of drug-likeness (QED) is 0.620. The Morgan fingerprint density at radius 1 is 1.38 bits per heavy atom. The lowest BCUT2D eigenvalue weighted by atomic mass is 10.1. The summed E-state index contributed by atoms with van der Waals surface area (Å²) >= 11 is 1.85. The van der Waals surface area contributed by atoms with Crippen molar-refractivity contribution in [3.8, 4) is 0 Å². The number of hydrogen-bond donors (Lipinski definition) is 3. The molecular formula is C13H16INO5S. The van der Waals surface area contributed by atoms with E-state index in [-0.39, 0.29) is 29.0 Å². The number of rotatable bonds is 5. The van der Waals surface area contributed by atoms with E-state index in [1.54, 1.807) is 0 Å². The van der Waals surface area contributed by atoms with E-state index in [0.29, 0.717) is 9.99 Å². The van der Waals surface area contributed by atoms with Crippen molar-refractivity contribution in [3.05, 3.63) is 27.3 Å². The highest BCUT2D eigenvalue weighted by Crippen LogP contribution is 2.27. The van der Waals surface area contributed by atoms with Gasteiger partial charge in [-0.1, -0.05) is 6.42 Å². The molecule has 2 unspecified atom stereocenters. The molecule has 2 atom stereocenters. The fraction of sp³-hybridized carbons (Fsp3) is 0.462. The summed E-state index contributed by atoms with van der Waals surface area (Å²) in [5.74, 6) is -1.24. The molecule has 0 spiro atoms. The molecule has 2 rings (SSSR count). The van der Waals surface area contributed by atoms with E-state index in [0.717, 1.165) is 18.9 Å². The third kappa shape index (κ3) is 3.74. The molecular weight excluding hydrogens is 409 g/mol. The molecule has 0 heterocycles. The van der Waals surface area contributed by atoms with E-state index in [2.05, 4.69) is 4.72 Å². The van der Waals surface area contributed by atoms with Crippen LogP contribution in [-0.2, 0) is 10.0 Å². The molecule has 21 heavy (non-hydrogen) atoms. The lowest BCUT2D eigenvalue weighted by Gasteiger charge is -2.19. The van der Waals surface area contributed by atoms with Gasteiger partial charge in [0.1, 0.15) is 0 Å². The normalized spacial score (nSPS) is 22.4. The molecule has 116 valence electrons. The monoisotopic (exact) mass is 425 g/mol. The largest absolute Gasteiger partial charge is 0.478 e. The van der Waals surface area contributed by atoms with Crippen molar-refractivity contribution in [3.63, 3.8) is 0 Å². The summed E-state index contributed by atoms with van der Waals surface area (Å²) in [6.07, 6.45) is 2.34. The Bertz CT molecular complexity index is 646. The number of aromatic carboxylic acids is 1. The van der Waals surface area contributed by atoms with Gasteiger partial charge in [-0.15, -0.1) is 0 Å². The SMILES string of the molecule is O=C(O)c1cc(S(=O)(=O)NC2CCCC2CO)ccc1I. The second-order valence-electron chi connectivity index (χ2n) is 5.05. The molecule has 6 nitrogen and oxygen atoms in total. The highest BCUT2D eigenvalue weighted by Gasteiger charge is 2.31. The van der Waals surface area contributed by atoms with Gasteiger partial charge < -0.3 is 10.2 Å². The molecule has 0 bridgehead atoms. The molecule has 0 aliphatic heterocycles. The molecule has 0 saturated heterocycles. The Balaban J connectivity index is 2.27. The number of halogens is 1. The number of carboxylic acids is 1. The predicted molar refractivity (Wildman–Crippen MR) is 84.7 cm³/mol. The average molecular weight is 425 g/mol. The van der Waals surface area contributed by atoms with Gasteiger partial charge in [0.05, 0.1) is 10.5 Å². The van der Waals surface area contributed by atoms with Gasteiger partial charge in [0, 0.05) is 16.2 Å². The molecule has 1 saturated carbocycles. The van der Waals surface area contributed by atoms with Gasteiger partial charge in [0.25, 0.3) is 0 Å². The Morgan fingerprint density at radius 2 is 2.10 bits per heavy atom. The first-order valence-corrected chi connectivity index (χ1v) is 9.07. The van der Waals surface area contributed by atoms with Crippen LogP contribution in [0.15, 0.2) is 23.1 Å². The Hall–Kier alpha value is -0.710. The van der Waals surface area contributed by atoms with Crippen LogP contribution in [0.2, 0.25) is 0 Å². The van der Waals surface area contributed by atoms with Gasteiger partial charge >= 0.3 is 5.97 Å². The molecule has 3 N–H and O–H groups in total. The molecule has 1 fully saturated rings. The van der Waals surface area contributed by atoms with Crippen molar-refractivity contribution in [1.82, 2.24) is 4.72 Å². The van der Waals surface area contributed by atoms with Crippen molar-refractivity contribution >= 4 is 38.6 Å². The van der Waals surface area contributed by atoms with Crippen molar-refractivity contribution in [1.29, 1.82) is 0 Å². The first-order valence-electron chi connectivity index (χ1n) is 6.51. The Morgan fingerprint density at radius 3 is 2.71 bits per heavy atom. The molecule has 1 aromatic rings. The summed E-state index contributed by atoms with van der Waals surface area (Å²) in [4.78, 5) is 11.0. The zero-order valence-electron chi connectivity index (χ0n) is 11.1. The minimum atomic E-state index is -3.79. The molecule has 8 heteroatoms. The van der Waals surface area contributed by atoms with Gasteiger partial charge in [-0.2, -0.15) is 0 Å². The van der Waals surface area contributed by atoms with Crippen molar-refractivity contribution in [2.24, 2.45) is 5.92 Å². The summed E-state index contributed by atoms with van der Waals surface area (Å²) in [6, 6.07) is 3.72. The Kier molecular flexibility index (Phi) is 5.23. The summed E-state index contributed by atoms with van der Waals surface area (Å²) in [6.45, 7) is -0.0553. The number of aliphatic hydroxyl groups is 1. The number of aliphatic hydroxyl groups excluding tert-OH is 1. The summed E-state index contributed by atoms with van der Waals surface area (Å²) in [5.41, 5.74) is -0.0383. The smallest absolute Gasteiger partial charge is 0.336 e. The maximum Gasteiger partial charge on any atom is 0.336 e. The number of carbonyl (C=O) groups is 1. The zero-order chi connectivity index (χ0) is 15.6. The maximum atomic E-state index is 12.3. The first kappa shape index (κ1) is 16.7. The lowest BCUT2D eigenvalue weighted by molar-refractivity contribution is 0.0695. The second-order valence-corrected chi connectivity index (χ2v) is 7.92. The predicted octanol–water partition coefficient (Wildman–Crippen LogP) is 1.43. The van der Waals surface area contributed by atoms with Gasteiger partial charge in [0.2, 0.25) is 10.0 Å². The molecule has 1 aliphatic carbocycles. The van der Waals surface area contributed by atoms with E-state index in [1.165, 1.54) is 12.1 Å². The molecule has 0 radical (unpaired) electrons. The molecule has 1 aromatic carbocycles. The van der Waals surface area contributed by atoms with Crippen LogP contribution in [0.1, 0.15) is 29.6 Å². The fourth-order valence-corrected chi connectivity index (χ4v) is 4.44. The number of hydrogen-bond acceptors (Lipinski definition) is 4. The second kappa shape index (κ2) is 6.59. The van der Waals surface area contributed by atoms with Crippen molar-refractivity contribution in [2.45, 2.75) is 30.2 Å². The van der Waals surface area contributed by atoms with Crippen LogP contribution in [-0.4, -0.2) is 37.2 Å². The summed E-state index contributed by atoms with van der Waals surface area (Å²) < 4.78 is 27.7. The summed E-state index contributed by atoms with van der Waals surface area (Å²) in [5, 5.41) is 18.3. The van der Waals surface area contributed by atoms with E-state index in [1.807, 2.05) is 22.6 Å². The molecule has 0 aromatic heterocycles. The highest BCUT2D eigenvalue weighted by atomic mass is 127. The van der Waals surface area contributed by atoms with Crippen molar-refractivity contribution in [2.75, 3.05) is 6.61 Å². The van der Waals surface area contributed by atoms with Crippen LogP contribution in [0.5, 0.6) is 0 Å². The lowest BCUT2D eigenvalue weighted by Crippen LogP contribution is -2.38. The van der Waals surface area contributed by atoms with Crippen LogP contribution in [0.3, 0.4) is 0 Å². The minimum absolute atomic E-state index is 0.0383. The fourth-order valence-electron chi connectivity index (χ4n) is 2.51. The number of carboxylic acid groups (broad SMARTS) is 1. The summed E-state index contributed by atoms with van der Waals surface area (Å²) in [7, 11) is -3.79. The maximum absolute atomic E-state index is 12.3. The van der Waals surface area contributed by atoms with Gasteiger partial charge in [0.15, 0.2) is 0 Å². The van der Waals surface area contributed by atoms with E-state index in [9.17, 15) is 18.3 Å². The van der Waals surface area contributed by atoms with E-state index >= 15 is 0 Å². The van der Waals surface area contributed by atoms with E-state index in [4.69, 9.17) is 5.11 Å². The minimum Gasteiger partial charge on any atom is -0.478 e. The topological polar surface area (TPSA) is 104 Å². The highest BCUT2D eigenvalue weighted by molar-refractivity contribution is 14.1.